The second-order valence-corrected chi connectivity index (χ2v) is 8.27. The summed E-state index contributed by atoms with van der Waals surface area (Å²) in [7, 11) is 0. The molecule has 0 saturated carbocycles. The summed E-state index contributed by atoms with van der Waals surface area (Å²) in [5, 5.41) is 8.96. The molecule has 1 aliphatic rings. The molecule has 0 heterocycles. The third-order valence-electron chi connectivity index (χ3n) is 5.43. The molecule has 0 fully saturated rings. The minimum absolute atomic E-state index is 0.160. The zero-order valence-corrected chi connectivity index (χ0v) is 15.4. The molecule has 1 N–H and O–H groups in total. The van der Waals surface area contributed by atoms with Gasteiger partial charge in [-0.1, -0.05) is 45.9 Å². The van der Waals surface area contributed by atoms with Crippen molar-refractivity contribution in [1.82, 2.24) is 0 Å². The van der Waals surface area contributed by atoms with Crippen molar-refractivity contribution >= 4 is 5.97 Å². The molecule has 0 amide bonds. The molecule has 0 spiro atoms. The van der Waals surface area contributed by atoms with E-state index >= 15 is 0 Å². The maximum Gasteiger partial charge on any atom is 0.335 e. The Morgan fingerprint density at radius 1 is 0.960 bits per heavy atom. The fraction of sp³-hybridized carbons (Fsp3) is 0.409. The van der Waals surface area contributed by atoms with E-state index in [1.807, 2.05) is 6.07 Å². The Kier molecular flexibility index (Phi) is 4.36. The van der Waals surface area contributed by atoms with E-state index < -0.39 is 5.97 Å². The second kappa shape index (κ2) is 6.21. The van der Waals surface area contributed by atoms with Crippen LogP contribution in [-0.4, -0.2) is 11.1 Å². The van der Waals surface area contributed by atoms with Gasteiger partial charge < -0.3 is 9.84 Å². The first kappa shape index (κ1) is 17.5. The minimum atomic E-state index is -0.910. The van der Waals surface area contributed by atoms with Crippen LogP contribution in [0, 0.1) is 0 Å². The number of aromatic carboxylic acids is 1. The molecule has 0 aliphatic heterocycles. The predicted molar refractivity (Wildman–Crippen MR) is 99.5 cm³/mol. The van der Waals surface area contributed by atoms with Crippen molar-refractivity contribution in [3.63, 3.8) is 0 Å². The number of hydrogen-bond acceptors (Lipinski definition) is 2. The zero-order chi connectivity index (χ0) is 18.2. The van der Waals surface area contributed by atoms with Crippen LogP contribution < -0.4 is 4.74 Å². The number of fused-ring (bicyclic) bond motifs is 1. The van der Waals surface area contributed by atoms with Gasteiger partial charge in [0.15, 0.2) is 0 Å². The Morgan fingerprint density at radius 3 is 2.16 bits per heavy atom. The van der Waals surface area contributed by atoms with Crippen LogP contribution >= 0.6 is 0 Å². The topological polar surface area (TPSA) is 46.5 Å². The predicted octanol–water partition coefficient (Wildman–Crippen LogP) is 5.31. The van der Waals surface area contributed by atoms with Gasteiger partial charge in [0.25, 0.3) is 0 Å². The van der Waals surface area contributed by atoms with E-state index in [-0.39, 0.29) is 10.8 Å². The molecule has 0 radical (unpaired) electrons. The lowest BCUT2D eigenvalue weighted by molar-refractivity contribution is 0.0697. The van der Waals surface area contributed by atoms with E-state index in [9.17, 15) is 4.79 Å². The summed E-state index contributed by atoms with van der Waals surface area (Å²) < 4.78 is 5.97. The van der Waals surface area contributed by atoms with Crippen LogP contribution in [0.4, 0.5) is 0 Å². The molecule has 3 heteroatoms. The van der Waals surface area contributed by atoms with E-state index in [0.29, 0.717) is 12.2 Å². The lowest BCUT2D eigenvalue weighted by Crippen LogP contribution is -2.33. The number of benzene rings is 2. The number of carbonyl (C=O) groups is 1. The highest BCUT2D eigenvalue weighted by Crippen LogP contribution is 2.46. The number of rotatable bonds is 4. The highest BCUT2D eigenvalue weighted by molar-refractivity contribution is 5.87. The summed E-state index contributed by atoms with van der Waals surface area (Å²) in [6, 6.07) is 13.3. The third kappa shape index (κ3) is 3.55. The Labute approximate surface area is 149 Å². The molecule has 2 aromatic carbocycles. The van der Waals surface area contributed by atoms with Crippen LogP contribution in [0.25, 0.3) is 0 Å². The van der Waals surface area contributed by atoms with Crippen LogP contribution in [0.2, 0.25) is 0 Å². The van der Waals surface area contributed by atoms with E-state index in [4.69, 9.17) is 9.84 Å². The maximum absolute atomic E-state index is 10.9. The average molecular weight is 338 g/mol. The van der Waals surface area contributed by atoms with Crippen molar-refractivity contribution in [2.45, 2.75) is 58.0 Å². The molecule has 0 aromatic heterocycles. The highest BCUT2D eigenvalue weighted by atomic mass is 16.5. The van der Waals surface area contributed by atoms with Gasteiger partial charge in [0.2, 0.25) is 0 Å². The summed E-state index contributed by atoms with van der Waals surface area (Å²) in [4.78, 5) is 10.9. The fourth-order valence-electron chi connectivity index (χ4n) is 3.57. The number of hydrogen-bond donors (Lipinski definition) is 1. The van der Waals surface area contributed by atoms with Gasteiger partial charge in [-0.15, -0.1) is 0 Å². The SMILES string of the molecule is CC1(C)CCC(C)(C)c2cc(OCc3ccc(C(=O)O)cc3)ccc21. The van der Waals surface area contributed by atoms with Gasteiger partial charge in [0.1, 0.15) is 12.4 Å². The molecule has 0 atom stereocenters. The molecule has 3 rings (SSSR count). The Morgan fingerprint density at radius 2 is 1.56 bits per heavy atom. The number of ether oxygens (including phenoxy) is 1. The largest absolute Gasteiger partial charge is 0.489 e. The number of carboxylic acid groups (broad SMARTS) is 1. The molecule has 132 valence electrons. The van der Waals surface area contributed by atoms with Crippen molar-refractivity contribution in [2.75, 3.05) is 0 Å². The van der Waals surface area contributed by atoms with Crippen molar-refractivity contribution in [3.8, 4) is 5.75 Å². The van der Waals surface area contributed by atoms with E-state index in [1.54, 1.807) is 24.3 Å². The maximum atomic E-state index is 10.9. The van der Waals surface area contributed by atoms with Gasteiger partial charge in [-0.2, -0.15) is 0 Å². The van der Waals surface area contributed by atoms with Gasteiger partial charge in [-0.25, -0.2) is 4.79 Å². The summed E-state index contributed by atoms with van der Waals surface area (Å²) >= 11 is 0. The third-order valence-corrected chi connectivity index (χ3v) is 5.43. The molecule has 0 unspecified atom stereocenters. The van der Waals surface area contributed by atoms with Crippen LogP contribution in [0.15, 0.2) is 42.5 Å². The van der Waals surface area contributed by atoms with Crippen LogP contribution in [0.5, 0.6) is 5.75 Å². The van der Waals surface area contributed by atoms with E-state index in [2.05, 4.69) is 39.8 Å². The first-order valence-corrected chi connectivity index (χ1v) is 8.79. The van der Waals surface area contributed by atoms with Gasteiger partial charge in [0, 0.05) is 0 Å². The number of carboxylic acids is 1. The lowest BCUT2D eigenvalue weighted by atomic mass is 9.63. The molecule has 25 heavy (non-hydrogen) atoms. The van der Waals surface area contributed by atoms with E-state index in [0.717, 1.165) is 11.3 Å². The molecule has 2 aromatic rings. The lowest BCUT2D eigenvalue weighted by Gasteiger charge is -2.41. The first-order chi connectivity index (χ1) is 11.7. The quantitative estimate of drug-likeness (QED) is 0.821. The Hall–Kier alpha value is -2.29. The van der Waals surface area contributed by atoms with Crippen LogP contribution in [-0.2, 0) is 17.4 Å². The fourth-order valence-corrected chi connectivity index (χ4v) is 3.57. The van der Waals surface area contributed by atoms with Crippen molar-refractivity contribution in [1.29, 1.82) is 0 Å². The minimum Gasteiger partial charge on any atom is -0.489 e. The summed E-state index contributed by atoms with van der Waals surface area (Å²) in [6.07, 6.45) is 2.37. The molecular weight excluding hydrogens is 312 g/mol. The standard InChI is InChI=1S/C22H26O3/c1-21(2)11-12-22(3,4)19-13-17(9-10-18(19)21)25-14-15-5-7-16(8-6-15)20(23)24/h5-10,13H,11-12,14H2,1-4H3,(H,23,24). The van der Waals surface area contributed by atoms with Crippen molar-refractivity contribution in [2.24, 2.45) is 0 Å². The van der Waals surface area contributed by atoms with Crippen molar-refractivity contribution in [3.05, 3.63) is 64.7 Å². The van der Waals surface area contributed by atoms with Crippen molar-refractivity contribution < 1.29 is 14.6 Å². The molecule has 0 bridgehead atoms. The second-order valence-electron chi connectivity index (χ2n) is 8.27. The summed E-state index contributed by atoms with van der Waals surface area (Å²) in [5.41, 5.74) is 4.41. The van der Waals surface area contributed by atoms with Gasteiger partial charge in [-0.05, 0) is 64.6 Å². The zero-order valence-electron chi connectivity index (χ0n) is 15.4. The normalized spacial score (nSPS) is 17.6. The highest BCUT2D eigenvalue weighted by Gasteiger charge is 2.37. The molecule has 0 saturated heterocycles. The van der Waals surface area contributed by atoms with Gasteiger partial charge >= 0.3 is 5.97 Å². The molecule has 1 aliphatic carbocycles. The summed E-state index contributed by atoms with van der Waals surface area (Å²) in [6.45, 7) is 9.66. The van der Waals surface area contributed by atoms with Gasteiger partial charge in [-0.3, -0.25) is 0 Å². The van der Waals surface area contributed by atoms with E-state index in [1.165, 1.54) is 24.0 Å². The van der Waals surface area contributed by atoms with Crippen LogP contribution in [0.1, 0.15) is 67.6 Å². The Balaban J connectivity index is 1.79. The monoisotopic (exact) mass is 338 g/mol. The average Bonchev–Trinajstić information content (AvgIpc) is 2.57. The Bertz CT molecular complexity index is 785. The molecule has 3 nitrogen and oxygen atoms in total. The van der Waals surface area contributed by atoms with Gasteiger partial charge in [0.05, 0.1) is 5.56 Å². The summed E-state index contributed by atoms with van der Waals surface area (Å²) in [5.74, 6) is -0.0427. The molecular formula is C22H26O3. The van der Waals surface area contributed by atoms with Crippen LogP contribution in [0.3, 0.4) is 0 Å². The smallest absolute Gasteiger partial charge is 0.335 e. The first-order valence-electron chi connectivity index (χ1n) is 8.79.